The third-order valence-corrected chi connectivity index (χ3v) is 3.28. The van der Waals surface area contributed by atoms with Crippen LogP contribution < -0.4 is 5.32 Å². The van der Waals surface area contributed by atoms with Gasteiger partial charge in [-0.2, -0.15) is 0 Å². The lowest BCUT2D eigenvalue weighted by Gasteiger charge is -2.32. The Balaban J connectivity index is 2.20. The molecule has 0 aromatic heterocycles. The molecule has 1 heterocycles. The highest BCUT2D eigenvalue weighted by molar-refractivity contribution is 5.78. The lowest BCUT2D eigenvalue weighted by atomic mass is 10.0. The fraction of sp³-hybridized carbons (Fsp3) is 0.769. The Morgan fingerprint density at radius 3 is 2.45 bits per heavy atom. The number of carboxylic acids is 1. The fourth-order valence-electron chi connectivity index (χ4n) is 2.19. The smallest absolute Gasteiger partial charge is 0.303 e. The van der Waals surface area contributed by atoms with Crippen LogP contribution in [0.4, 0.5) is 0 Å². The van der Waals surface area contributed by atoms with Crippen molar-refractivity contribution in [2.45, 2.75) is 38.1 Å². The van der Waals surface area contributed by atoms with E-state index in [4.69, 9.17) is 9.84 Å². The largest absolute Gasteiger partial charge is 0.481 e. The van der Waals surface area contributed by atoms with E-state index in [-0.39, 0.29) is 37.3 Å². The van der Waals surface area contributed by atoms with Gasteiger partial charge in [-0.3, -0.25) is 14.4 Å². The normalized spacial score (nSPS) is 15.9. The van der Waals surface area contributed by atoms with E-state index in [2.05, 4.69) is 5.32 Å². The van der Waals surface area contributed by atoms with Crippen molar-refractivity contribution >= 4 is 17.8 Å². The molecule has 7 heteroatoms. The Morgan fingerprint density at radius 1 is 1.25 bits per heavy atom. The number of nitrogens with zero attached hydrogens (tertiary/aromatic N) is 1. The first-order chi connectivity index (χ1) is 9.52. The van der Waals surface area contributed by atoms with Crippen LogP contribution in [0.5, 0.6) is 0 Å². The van der Waals surface area contributed by atoms with Gasteiger partial charge in [0.1, 0.15) is 6.61 Å². The molecule has 1 rings (SSSR count). The van der Waals surface area contributed by atoms with Crippen LogP contribution in [-0.4, -0.2) is 60.6 Å². The maximum absolute atomic E-state index is 11.6. The third kappa shape index (κ3) is 6.01. The summed E-state index contributed by atoms with van der Waals surface area (Å²) in [5, 5.41) is 11.4. The van der Waals surface area contributed by atoms with E-state index in [9.17, 15) is 14.4 Å². The number of carboxylic acid groups (broad SMARTS) is 1. The van der Waals surface area contributed by atoms with E-state index in [0.29, 0.717) is 19.5 Å². The standard InChI is InChI=1S/C13H22N2O5/c1-20-9-12(17)15-7-5-10(6-8-15)14-11(16)3-2-4-13(18)19/h10H,2-9H2,1H3,(H,14,16)(H,18,19). The molecule has 20 heavy (non-hydrogen) atoms. The van der Waals surface area contributed by atoms with Gasteiger partial charge in [0.15, 0.2) is 0 Å². The molecule has 1 saturated heterocycles. The molecule has 0 unspecified atom stereocenters. The summed E-state index contributed by atoms with van der Waals surface area (Å²) in [5.74, 6) is -1.03. The summed E-state index contributed by atoms with van der Waals surface area (Å²) in [6.07, 6.45) is 2.04. The number of aliphatic carboxylic acids is 1. The van der Waals surface area contributed by atoms with Gasteiger partial charge in [-0.1, -0.05) is 0 Å². The number of hydrogen-bond donors (Lipinski definition) is 2. The number of nitrogens with one attached hydrogen (secondary N) is 1. The Labute approximate surface area is 118 Å². The number of rotatable bonds is 7. The van der Waals surface area contributed by atoms with E-state index in [1.807, 2.05) is 0 Å². The van der Waals surface area contributed by atoms with Crippen LogP contribution in [0.3, 0.4) is 0 Å². The number of piperidine rings is 1. The third-order valence-electron chi connectivity index (χ3n) is 3.28. The molecule has 1 fully saturated rings. The van der Waals surface area contributed by atoms with Gasteiger partial charge in [-0.25, -0.2) is 0 Å². The highest BCUT2D eigenvalue weighted by Crippen LogP contribution is 2.11. The molecular weight excluding hydrogens is 264 g/mol. The van der Waals surface area contributed by atoms with Crippen molar-refractivity contribution in [2.75, 3.05) is 26.8 Å². The van der Waals surface area contributed by atoms with Crippen molar-refractivity contribution < 1.29 is 24.2 Å². The molecule has 1 aliphatic rings. The first kappa shape index (κ1) is 16.4. The van der Waals surface area contributed by atoms with Crippen LogP contribution in [0, 0.1) is 0 Å². The number of hydrogen-bond acceptors (Lipinski definition) is 4. The second-order valence-corrected chi connectivity index (χ2v) is 4.90. The SMILES string of the molecule is COCC(=O)N1CCC(NC(=O)CCCC(=O)O)CC1. The first-order valence-corrected chi connectivity index (χ1v) is 6.80. The Bertz CT molecular complexity index is 351. The molecule has 2 amide bonds. The number of ether oxygens (including phenoxy) is 1. The lowest BCUT2D eigenvalue weighted by molar-refractivity contribution is -0.137. The van der Waals surface area contributed by atoms with Gasteiger partial charge in [0, 0.05) is 39.1 Å². The molecule has 0 aliphatic carbocycles. The molecule has 0 bridgehead atoms. The highest BCUT2D eigenvalue weighted by atomic mass is 16.5. The minimum Gasteiger partial charge on any atom is -0.481 e. The second-order valence-electron chi connectivity index (χ2n) is 4.90. The van der Waals surface area contributed by atoms with Gasteiger partial charge < -0.3 is 20.1 Å². The van der Waals surface area contributed by atoms with Gasteiger partial charge in [0.05, 0.1) is 0 Å². The average Bonchev–Trinajstić information content (AvgIpc) is 2.39. The fourth-order valence-corrected chi connectivity index (χ4v) is 2.19. The molecule has 0 aromatic rings. The van der Waals surface area contributed by atoms with E-state index in [0.717, 1.165) is 12.8 Å². The Hall–Kier alpha value is -1.63. The average molecular weight is 286 g/mol. The Kier molecular flexibility index (Phi) is 7.00. The highest BCUT2D eigenvalue weighted by Gasteiger charge is 2.23. The van der Waals surface area contributed by atoms with Crippen LogP contribution in [0.25, 0.3) is 0 Å². The molecule has 0 atom stereocenters. The van der Waals surface area contributed by atoms with E-state index < -0.39 is 5.97 Å². The molecule has 0 spiro atoms. The van der Waals surface area contributed by atoms with Gasteiger partial charge in [-0.15, -0.1) is 0 Å². The van der Waals surface area contributed by atoms with Crippen molar-refractivity contribution in [1.82, 2.24) is 10.2 Å². The lowest BCUT2D eigenvalue weighted by Crippen LogP contribution is -2.47. The molecule has 1 aliphatic heterocycles. The summed E-state index contributed by atoms with van der Waals surface area (Å²) in [5.41, 5.74) is 0. The van der Waals surface area contributed by atoms with Gasteiger partial charge in [-0.05, 0) is 19.3 Å². The number of carbonyl (C=O) groups is 3. The van der Waals surface area contributed by atoms with Crippen LogP contribution in [-0.2, 0) is 19.1 Å². The molecule has 0 radical (unpaired) electrons. The van der Waals surface area contributed by atoms with E-state index >= 15 is 0 Å². The molecule has 0 aromatic carbocycles. The summed E-state index contributed by atoms with van der Waals surface area (Å²) in [4.78, 5) is 35.3. The molecule has 0 saturated carbocycles. The van der Waals surface area contributed by atoms with Gasteiger partial charge >= 0.3 is 5.97 Å². The molecular formula is C13H22N2O5. The summed E-state index contributed by atoms with van der Waals surface area (Å²) in [6, 6.07) is 0.0684. The summed E-state index contributed by atoms with van der Waals surface area (Å²) in [7, 11) is 1.49. The predicted molar refractivity (Wildman–Crippen MR) is 71.1 cm³/mol. The molecule has 114 valence electrons. The zero-order valence-corrected chi connectivity index (χ0v) is 11.8. The quantitative estimate of drug-likeness (QED) is 0.686. The van der Waals surface area contributed by atoms with E-state index in [1.54, 1.807) is 4.90 Å². The maximum atomic E-state index is 11.6. The van der Waals surface area contributed by atoms with Crippen molar-refractivity contribution in [3.8, 4) is 0 Å². The van der Waals surface area contributed by atoms with E-state index in [1.165, 1.54) is 7.11 Å². The number of amides is 2. The minimum absolute atomic E-state index is 0.0113. The van der Waals surface area contributed by atoms with Crippen LogP contribution >= 0.6 is 0 Å². The molecule has 7 nitrogen and oxygen atoms in total. The van der Waals surface area contributed by atoms with Crippen LogP contribution in [0.1, 0.15) is 32.1 Å². The minimum atomic E-state index is -0.886. The monoisotopic (exact) mass is 286 g/mol. The summed E-state index contributed by atoms with van der Waals surface area (Å²) in [6.45, 7) is 1.32. The summed E-state index contributed by atoms with van der Waals surface area (Å²) < 4.78 is 4.80. The predicted octanol–water partition coefficient (Wildman–Crippen LogP) is -0.00510. The number of likely N-dealkylation sites (tertiary alicyclic amines) is 1. The van der Waals surface area contributed by atoms with Crippen LogP contribution in [0.15, 0.2) is 0 Å². The zero-order valence-electron chi connectivity index (χ0n) is 11.8. The van der Waals surface area contributed by atoms with Crippen LogP contribution in [0.2, 0.25) is 0 Å². The number of methoxy groups -OCH3 is 1. The number of carbonyl (C=O) groups excluding carboxylic acids is 2. The summed E-state index contributed by atoms with van der Waals surface area (Å²) >= 11 is 0. The van der Waals surface area contributed by atoms with Crippen molar-refractivity contribution in [3.05, 3.63) is 0 Å². The topological polar surface area (TPSA) is 95.9 Å². The van der Waals surface area contributed by atoms with Crippen molar-refractivity contribution in [2.24, 2.45) is 0 Å². The van der Waals surface area contributed by atoms with Crippen molar-refractivity contribution in [3.63, 3.8) is 0 Å². The van der Waals surface area contributed by atoms with Gasteiger partial charge in [0.25, 0.3) is 0 Å². The first-order valence-electron chi connectivity index (χ1n) is 6.80. The van der Waals surface area contributed by atoms with Crippen molar-refractivity contribution in [1.29, 1.82) is 0 Å². The zero-order chi connectivity index (χ0) is 15.0. The Morgan fingerprint density at radius 2 is 1.90 bits per heavy atom. The maximum Gasteiger partial charge on any atom is 0.303 e. The molecule has 2 N–H and O–H groups in total. The second kappa shape index (κ2) is 8.52. The van der Waals surface area contributed by atoms with Gasteiger partial charge in [0.2, 0.25) is 11.8 Å².